The quantitative estimate of drug-likeness (QED) is 0.676. The highest BCUT2D eigenvalue weighted by Crippen LogP contribution is 2.02. The van der Waals surface area contributed by atoms with Gasteiger partial charge in [-0.2, -0.15) is 0 Å². The second-order valence-electron chi connectivity index (χ2n) is 2.11. The Morgan fingerprint density at radius 3 is 2.92 bits per heavy atom. The van der Waals surface area contributed by atoms with Gasteiger partial charge in [-0.15, -0.1) is 0 Å². The standard InChI is InChI=1S/C8H6FNO2/c9-7-3-6(4-10-5-7)1-2-8(11)12/h1-5H,(H,11,12). The maximum atomic E-state index is 12.4. The van der Waals surface area contributed by atoms with Gasteiger partial charge in [0.25, 0.3) is 0 Å². The molecule has 0 fully saturated rings. The number of carbonyl (C=O) groups is 1. The third kappa shape index (κ3) is 2.49. The number of aromatic nitrogens is 1. The van der Waals surface area contributed by atoms with Crippen LogP contribution in [0.2, 0.25) is 0 Å². The van der Waals surface area contributed by atoms with E-state index in [2.05, 4.69) is 4.98 Å². The Bertz CT molecular complexity index is 323. The second-order valence-corrected chi connectivity index (χ2v) is 2.11. The van der Waals surface area contributed by atoms with Gasteiger partial charge in [-0.05, 0) is 17.7 Å². The molecule has 0 aliphatic carbocycles. The van der Waals surface area contributed by atoms with Gasteiger partial charge in [0, 0.05) is 12.3 Å². The van der Waals surface area contributed by atoms with E-state index in [4.69, 9.17) is 5.11 Å². The zero-order chi connectivity index (χ0) is 8.97. The van der Waals surface area contributed by atoms with Crippen LogP contribution >= 0.6 is 0 Å². The van der Waals surface area contributed by atoms with Gasteiger partial charge in [0.1, 0.15) is 5.82 Å². The summed E-state index contributed by atoms with van der Waals surface area (Å²) in [5.74, 6) is -1.55. The van der Waals surface area contributed by atoms with Crippen LogP contribution in [-0.2, 0) is 4.79 Å². The Morgan fingerprint density at radius 1 is 1.58 bits per heavy atom. The van der Waals surface area contributed by atoms with Crippen LogP contribution in [0.15, 0.2) is 24.5 Å². The molecule has 0 aliphatic heterocycles. The van der Waals surface area contributed by atoms with E-state index in [1.807, 2.05) is 0 Å². The van der Waals surface area contributed by atoms with Gasteiger partial charge in [-0.3, -0.25) is 4.98 Å². The highest BCUT2D eigenvalue weighted by Gasteiger charge is 1.92. The lowest BCUT2D eigenvalue weighted by atomic mass is 10.2. The molecule has 3 nitrogen and oxygen atoms in total. The molecule has 4 heteroatoms. The predicted octanol–water partition coefficient (Wildman–Crippen LogP) is 1.32. The van der Waals surface area contributed by atoms with Crippen LogP contribution in [0.4, 0.5) is 4.39 Å². The first-order valence-electron chi connectivity index (χ1n) is 3.20. The molecule has 0 radical (unpaired) electrons. The van der Waals surface area contributed by atoms with Crippen molar-refractivity contribution in [2.45, 2.75) is 0 Å². The topological polar surface area (TPSA) is 50.2 Å². The van der Waals surface area contributed by atoms with Crippen LogP contribution in [0.3, 0.4) is 0 Å². The molecule has 1 N–H and O–H groups in total. The third-order valence-electron chi connectivity index (χ3n) is 1.14. The Morgan fingerprint density at radius 2 is 2.33 bits per heavy atom. The van der Waals surface area contributed by atoms with Gasteiger partial charge < -0.3 is 5.11 Å². The fourth-order valence-electron chi connectivity index (χ4n) is 0.687. The van der Waals surface area contributed by atoms with E-state index in [1.165, 1.54) is 18.3 Å². The zero-order valence-electron chi connectivity index (χ0n) is 6.07. The minimum absolute atomic E-state index is 0.428. The number of hydrogen-bond acceptors (Lipinski definition) is 2. The zero-order valence-corrected chi connectivity index (χ0v) is 6.07. The predicted molar refractivity (Wildman–Crippen MR) is 40.9 cm³/mol. The molecule has 0 amide bonds. The Labute approximate surface area is 68.2 Å². The van der Waals surface area contributed by atoms with Crippen molar-refractivity contribution in [3.63, 3.8) is 0 Å². The maximum absolute atomic E-state index is 12.4. The van der Waals surface area contributed by atoms with Crippen molar-refractivity contribution in [1.29, 1.82) is 0 Å². The van der Waals surface area contributed by atoms with E-state index in [0.717, 1.165) is 12.3 Å². The summed E-state index contributed by atoms with van der Waals surface area (Å²) >= 11 is 0. The molecule has 0 unspecified atom stereocenters. The van der Waals surface area contributed by atoms with Crippen molar-refractivity contribution >= 4 is 12.0 Å². The number of halogens is 1. The van der Waals surface area contributed by atoms with Crippen molar-refractivity contribution in [2.24, 2.45) is 0 Å². The molecule has 62 valence electrons. The summed E-state index contributed by atoms with van der Waals surface area (Å²) < 4.78 is 12.4. The van der Waals surface area contributed by atoms with Gasteiger partial charge in [0.05, 0.1) is 6.20 Å². The van der Waals surface area contributed by atoms with E-state index in [-0.39, 0.29) is 0 Å². The van der Waals surface area contributed by atoms with Gasteiger partial charge in [-0.25, -0.2) is 9.18 Å². The molecule has 0 aliphatic rings. The van der Waals surface area contributed by atoms with E-state index < -0.39 is 11.8 Å². The summed E-state index contributed by atoms with van der Waals surface area (Å²) in [5, 5.41) is 8.24. The number of rotatable bonds is 2. The Hall–Kier alpha value is -1.71. The van der Waals surface area contributed by atoms with Crippen LogP contribution in [0.5, 0.6) is 0 Å². The fraction of sp³-hybridized carbons (Fsp3) is 0. The normalized spacial score (nSPS) is 10.4. The van der Waals surface area contributed by atoms with Gasteiger partial charge in [-0.1, -0.05) is 0 Å². The molecule has 0 spiro atoms. The van der Waals surface area contributed by atoms with Crippen LogP contribution in [0, 0.1) is 5.82 Å². The molecule has 1 aromatic rings. The minimum Gasteiger partial charge on any atom is -0.478 e. The number of carboxylic acids is 1. The van der Waals surface area contributed by atoms with Crippen molar-refractivity contribution in [2.75, 3.05) is 0 Å². The smallest absolute Gasteiger partial charge is 0.328 e. The minimum atomic E-state index is -1.07. The molecule has 1 rings (SSSR count). The van der Waals surface area contributed by atoms with Gasteiger partial charge in [0.15, 0.2) is 0 Å². The third-order valence-corrected chi connectivity index (χ3v) is 1.14. The first-order chi connectivity index (χ1) is 5.68. The maximum Gasteiger partial charge on any atom is 0.328 e. The van der Waals surface area contributed by atoms with E-state index in [9.17, 15) is 9.18 Å². The fourth-order valence-corrected chi connectivity index (χ4v) is 0.687. The first kappa shape index (κ1) is 8.39. The number of carboxylic acid groups (broad SMARTS) is 1. The lowest BCUT2D eigenvalue weighted by Crippen LogP contribution is -1.86. The number of nitrogens with zero attached hydrogens (tertiary/aromatic N) is 1. The molecule has 12 heavy (non-hydrogen) atoms. The number of pyridine rings is 1. The molecular formula is C8H6FNO2. The first-order valence-corrected chi connectivity index (χ1v) is 3.20. The highest BCUT2D eigenvalue weighted by molar-refractivity contribution is 5.85. The average molecular weight is 167 g/mol. The van der Waals surface area contributed by atoms with Gasteiger partial charge in [0.2, 0.25) is 0 Å². The Balaban J connectivity index is 2.83. The molecule has 0 aromatic carbocycles. The number of aliphatic carboxylic acids is 1. The summed E-state index contributed by atoms with van der Waals surface area (Å²) in [6.45, 7) is 0. The average Bonchev–Trinajstić information content (AvgIpc) is 2.01. The molecule has 0 bridgehead atoms. The summed E-state index contributed by atoms with van der Waals surface area (Å²) in [5.41, 5.74) is 0.428. The summed E-state index contributed by atoms with van der Waals surface area (Å²) in [6.07, 6.45) is 4.63. The molecule has 0 atom stereocenters. The Kier molecular flexibility index (Phi) is 2.53. The monoisotopic (exact) mass is 167 g/mol. The molecule has 0 saturated heterocycles. The van der Waals surface area contributed by atoms with Gasteiger partial charge >= 0.3 is 5.97 Å². The van der Waals surface area contributed by atoms with Crippen molar-refractivity contribution in [3.05, 3.63) is 35.9 Å². The van der Waals surface area contributed by atoms with Crippen LogP contribution in [-0.4, -0.2) is 16.1 Å². The van der Waals surface area contributed by atoms with Crippen molar-refractivity contribution < 1.29 is 14.3 Å². The molecule has 1 heterocycles. The number of hydrogen-bond donors (Lipinski definition) is 1. The largest absolute Gasteiger partial charge is 0.478 e. The highest BCUT2D eigenvalue weighted by atomic mass is 19.1. The lowest BCUT2D eigenvalue weighted by molar-refractivity contribution is -0.131. The van der Waals surface area contributed by atoms with E-state index in [1.54, 1.807) is 0 Å². The van der Waals surface area contributed by atoms with E-state index in [0.29, 0.717) is 5.56 Å². The molecular weight excluding hydrogens is 161 g/mol. The molecule has 1 aromatic heterocycles. The van der Waals surface area contributed by atoms with Crippen molar-refractivity contribution in [3.8, 4) is 0 Å². The van der Waals surface area contributed by atoms with Crippen LogP contribution in [0.1, 0.15) is 5.56 Å². The SMILES string of the molecule is O=C(O)C=Cc1cncc(F)c1. The summed E-state index contributed by atoms with van der Waals surface area (Å²) in [7, 11) is 0. The van der Waals surface area contributed by atoms with Crippen LogP contribution < -0.4 is 0 Å². The van der Waals surface area contributed by atoms with E-state index >= 15 is 0 Å². The van der Waals surface area contributed by atoms with Crippen molar-refractivity contribution in [1.82, 2.24) is 4.98 Å². The van der Waals surface area contributed by atoms with Crippen LogP contribution in [0.25, 0.3) is 6.08 Å². The summed E-state index contributed by atoms with van der Waals surface area (Å²) in [6, 6.07) is 1.20. The lowest BCUT2D eigenvalue weighted by Gasteiger charge is -1.90. The second kappa shape index (κ2) is 3.61. The molecule has 0 saturated carbocycles. The summed E-state index contributed by atoms with van der Waals surface area (Å²) in [4.78, 5) is 13.6.